The number of nitrogens with two attached hydrogens (primary N) is 1. The summed E-state index contributed by atoms with van der Waals surface area (Å²) in [6.45, 7) is 0. The number of halogens is 1. The van der Waals surface area contributed by atoms with Crippen LogP contribution in [0, 0.1) is 5.82 Å². The van der Waals surface area contributed by atoms with Gasteiger partial charge < -0.3 is 15.6 Å². The number of fused-ring (bicyclic) bond motifs is 1. The van der Waals surface area contributed by atoms with Gasteiger partial charge in [-0.15, -0.1) is 0 Å². The third-order valence-corrected chi connectivity index (χ3v) is 2.52. The highest BCUT2D eigenvalue weighted by Gasteiger charge is 2.22. The number of carboxylic acid groups (broad SMARTS) is 1. The molecule has 0 spiro atoms. The highest BCUT2D eigenvalue weighted by Crippen LogP contribution is 2.33. The summed E-state index contributed by atoms with van der Waals surface area (Å²) in [4.78, 5) is 10.3. The lowest BCUT2D eigenvalue weighted by Gasteiger charge is -2.08. The molecule has 3 N–H and O–H groups in total. The van der Waals surface area contributed by atoms with E-state index in [1.165, 1.54) is 12.1 Å². The van der Waals surface area contributed by atoms with Gasteiger partial charge in [0.25, 0.3) is 0 Å². The van der Waals surface area contributed by atoms with Crippen molar-refractivity contribution in [3.8, 4) is 5.75 Å². The lowest BCUT2D eigenvalue weighted by atomic mass is 10.1. The van der Waals surface area contributed by atoms with Crippen molar-refractivity contribution in [1.82, 2.24) is 0 Å². The zero-order valence-corrected chi connectivity index (χ0v) is 7.87. The maximum Gasteiger partial charge on any atom is 0.511 e. The average molecular weight is 211 g/mol. The second-order valence-electron chi connectivity index (χ2n) is 3.49. The zero-order chi connectivity index (χ0) is 11.0. The molecule has 0 saturated heterocycles. The topological polar surface area (TPSA) is 72.5 Å². The smallest absolute Gasteiger partial charge is 0.449 e. The fourth-order valence-electron chi connectivity index (χ4n) is 1.81. The minimum absolute atomic E-state index is 0.156. The molecule has 0 saturated carbocycles. The van der Waals surface area contributed by atoms with Gasteiger partial charge >= 0.3 is 6.16 Å². The molecule has 0 radical (unpaired) electrons. The molecule has 1 aromatic rings. The Balaban J connectivity index is 2.41. The molecule has 0 aromatic heterocycles. The van der Waals surface area contributed by atoms with Crippen LogP contribution >= 0.6 is 0 Å². The van der Waals surface area contributed by atoms with Crippen LogP contribution in [0.2, 0.25) is 0 Å². The van der Waals surface area contributed by atoms with Gasteiger partial charge in [-0.3, -0.25) is 0 Å². The SMILES string of the molecule is N[C@@H]1CCc2cc(F)c(OC(=O)O)cc21. The monoisotopic (exact) mass is 211 g/mol. The van der Waals surface area contributed by atoms with E-state index in [1.54, 1.807) is 0 Å². The lowest BCUT2D eigenvalue weighted by molar-refractivity contribution is 0.142. The maximum absolute atomic E-state index is 13.3. The number of hydrogen-bond donors (Lipinski definition) is 2. The first-order chi connectivity index (χ1) is 7.08. The molecule has 15 heavy (non-hydrogen) atoms. The first kappa shape index (κ1) is 9.92. The largest absolute Gasteiger partial charge is 0.511 e. The minimum atomic E-state index is -1.53. The standard InChI is InChI=1S/C10H10FNO3/c11-7-3-5-1-2-8(12)6(5)4-9(7)15-10(13)14/h3-4,8H,1-2,12H2,(H,13,14)/t8-/m1/s1. The van der Waals surface area contributed by atoms with Gasteiger partial charge in [-0.2, -0.15) is 0 Å². The Bertz CT molecular complexity index is 419. The Morgan fingerprint density at radius 1 is 1.60 bits per heavy atom. The van der Waals surface area contributed by atoms with Gasteiger partial charge in [-0.1, -0.05) is 0 Å². The minimum Gasteiger partial charge on any atom is -0.449 e. The van der Waals surface area contributed by atoms with Crippen molar-refractivity contribution in [2.75, 3.05) is 0 Å². The van der Waals surface area contributed by atoms with Crippen molar-refractivity contribution < 1.29 is 19.0 Å². The van der Waals surface area contributed by atoms with Crippen LogP contribution in [0.15, 0.2) is 12.1 Å². The molecule has 2 rings (SSSR count). The van der Waals surface area contributed by atoms with Gasteiger partial charge in [0, 0.05) is 6.04 Å². The molecule has 5 heteroatoms. The van der Waals surface area contributed by atoms with E-state index in [9.17, 15) is 9.18 Å². The molecule has 1 aromatic carbocycles. The zero-order valence-electron chi connectivity index (χ0n) is 7.87. The third-order valence-electron chi connectivity index (χ3n) is 2.52. The van der Waals surface area contributed by atoms with Gasteiger partial charge in [0.15, 0.2) is 11.6 Å². The maximum atomic E-state index is 13.3. The Morgan fingerprint density at radius 2 is 2.33 bits per heavy atom. The summed E-state index contributed by atoms with van der Waals surface area (Å²) in [5.41, 5.74) is 7.37. The van der Waals surface area contributed by atoms with Crippen LogP contribution in [0.1, 0.15) is 23.6 Å². The molecular formula is C10H10FNO3. The van der Waals surface area contributed by atoms with Gasteiger partial charge in [-0.25, -0.2) is 9.18 Å². The fraction of sp³-hybridized carbons (Fsp3) is 0.300. The number of benzene rings is 1. The predicted octanol–water partition coefficient (Wildman–Crippen LogP) is 1.83. The van der Waals surface area contributed by atoms with Crippen LogP contribution in [0.4, 0.5) is 9.18 Å². The number of carbonyl (C=O) groups is 1. The van der Waals surface area contributed by atoms with E-state index in [4.69, 9.17) is 10.8 Å². The van der Waals surface area contributed by atoms with Crippen LogP contribution < -0.4 is 10.5 Å². The van der Waals surface area contributed by atoms with Gasteiger partial charge in [0.2, 0.25) is 0 Å². The van der Waals surface area contributed by atoms with Crippen molar-refractivity contribution >= 4 is 6.16 Å². The second-order valence-corrected chi connectivity index (χ2v) is 3.49. The molecule has 1 atom stereocenters. The molecule has 80 valence electrons. The molecule has 0 fully saturated rings. The number of rotatable bonds is 1. The Morgan fingerprint density at radius 3 is 3.00 bits per heavy atom. The van der Waals surface area contributed by atoms with E-state index >= 15 is 0 Å². The first-order valence-corrected chi connectivity index (χ1v) is 4.56. The molecule has 0 amide bonds. The van der Waals surface area contributed by atoms with Crippen molar-refractivity contribution in [2.24, 2.45) is 5.73 Å². The summed E-state index contributed by atoms with van der Waals surface area (Å²) in [5.74, 6) is -0.941. The molecular weight excluding hydrogens is 201 g/mol. The van der Waals surface area contributed by atoms with Crippen molar-refractivity contribution in [2.45, 2.75) is 18.9 Å². The summed E-state index contributed by atoms with van der Waals surface area (Å²) >= 11 is 0. The number of aryl methyl sites for hydroxylation is 1. The number of ether oxygens (including phenoxy) is 1. The fourth-order valence-corrected chi connectivity index (χ4v) is 1.81. The van der Waals surface area contributed by atoms with Crippen molar-refractivity contribution in [1.29, 1.82) is 0 Å². The molecule has 1 aliphatic carbocycles. The number of hydrogen-bond acceptors (Lipinski definition) is 3. The lowest BCUT2D eigenvalue weighted by Crippen LogP contribution is -2.08. The molecule has 0 unspecified atom stereocenters. The third kappa shape index (κ3) is 1.78. The summed E-state index contributed by atoms with van der Waals surface area (Å²) in [5, 5.41) is 8.39. The Hall–Kier alpha value is -1.62. The summed E-state index contributed by atoms with van der Waals surface area (Å²) < 4.78 is 17.6. The second kappa shape index (κ2) is 3.51. The Kier molecular flexibility index (Phi) is 2.32. The van der Waals surface area contributed by atoms with Crippen molar-refractivity contribution in [3.63, 3.8) is 0 Å². The highest BCUT2D eigenvalue weighted by atomic mass is 19.1. The van der Waals surface area contributed by atoms with Gasteiger partial charge in [0.1, 0.15) is 0 Å². The van der Waals surface area contributed by atoms with Gasteiger partial charge in [0.05, 0.1) is 0 Å². The Labute approximate surface area is 85.5 Å². The summed E-state index contributed by atoms with van der Waals surface area (Å²) in [6.07, 6.45) is -0.0491. The van der Waals surface area contributed by atoms with E-state index in [-0.39, 0.29) is 11.8 Å². The quantitative estimate of drug-likeness (QED) is 0.549. The van der Waals surface area contributed by atoms with Crippen LogP contribution in [0.5, 0.6) is 5.75 Å². The molecule has 0 aliphatic heterocycles. The average Bonchev–Trinajstić information content (AvgIpc) is 2.48. The van der Waals surface area contributed by atoms with E-state index in [1.807, 2.05) is 0 Å². The van der Waals surface area contributed by atoms with E-state index < -0.39 is 12.0 Å². The molecule has 4 nitrogen and oxygen atoms in total. The van der Waals surface area contributed by atoms with E-state index in [2.05, 4.69) is 4.74 Å². The normalized spacial score (nSPS) is 18.7. The van der Waals surface area contributed by atoms with E-state index in [0.29, 0.717) is 0 Å². The van der Waals surface area contributed by atoms with Crippen LogP contribution in [0.25, 0.3) is 0 Å². The summed E-state index contributed by atoms with van der Waals surface area (Å²) in [7, 11) is 0. The molecule has 1 aliphatic rings. The predicted molar refractivity (Wildman–Crippen MR) is 50.3 cm³/mol. The van der Waals surface area contributed by atoms with E-state index in [0.717, 1.165) is 24.0 Å². The molecule has 0 bridgehead atoms. The van der Waals surface area contributed by atoms with Gasteiger partial charge in [-0.05, 0) is 36.1 Å². The van der Waals surface area contributed by atoms with Crippen LogP contribution in [0.3, 0.4) is 0 Å². The van der Waals surface area contributed by atoms with Crippen LogP contribution in [-0.4, -0.2) is 11.3 Å². The summed E-state index contributed by atoms with van der Waals surface area (Å²) in [6, 6.07) is 2.51. The highest BCUT2D eigenvalue weighted by molar-refractivity contribution is 5.61. The molecule has 0 heterocycles. The first-order valence-electron chi connectivity index (χ1n) is 4.56. The van der Waals surface area contributed by atoms with Crippen molar-refractivity contribution in [3.05, 3.63) is 29.1 Å². The van der Waals surface area contributed by atoms with Crippen LogP contribution in [-0.2, 0) is 6.42 Å².